The second-order valence-corrected chi connectivity index (χ2v) is 14.4. The number of para-hydroxylation sites is 2. The summed E-state index contributed by atoms with van der Waals surface area (Å²) < 4.78 is 4.89. The lowest BCUT2D eigenvalue weighted by molar-refractivity contribution is 1.09. The average molecular weight is 667 g/mol. The number of benzene rings is 8. The molecular formula is C48H30N2S. The van der Waals surface area contributed by atoms with Gasteiger partial charge in [0.2, 0.25) is 0 Å². The first-order valence-corrected chi connectivity index (χ1v) is 18.3. The van der Waals surface area contributed by atoms with Gasteiger partial charge in [-0.15, -0.1) is 0 Å². The predicted molar refractivity (Wildman–Crippen MR) is 216 cm³/mol. The molecule has 51 heavy (non-hydrogen) atoms. The van der Waals surface area contributed by atoms with Crippen molar-refractivity contribution in [1.29, 1.82) is 0 Å². The Hall–Kier alpha value is -6.29. The Morgan fingerprint density at radius 3 is 1.61 bits per heavy atom. The molecule has 1 aliphatic heterocycles. The Balaban J connectivity index is 1.10. The van der Waals surface area contributed by atoms with Crippen LogP contribution in [0.2, 0.25) is 0 Å². The Morgan fingerprint density at radius 1 is 0.353 bits per heavy atom. The van der Waals surface area contributed by atoms with E-state index in [2.05, 4.69) is 191 Å². The molecule has 0 amide bonds. The van der Waals surface area contributed by atoms with Crippen LogP contribution in [-0.2, 0) is 0 Å². The maximum Gasteiger partial charge on any atom is 0.0687 e. The van der Waals surface area contributed by atoms with Gasteiger partial charge in [-0.3, -0.25) is 0 Å². The summed E-state index contributed by atoms with van der Waals surface area (Å²) in [6.45, 7) is 0. The second-order valence-electron chi connectivity index (χ2n) is 13.3. The van der Waals surface area contributed by atoms with Gasteiger partial charge in [0.15, 0.2) is 0 Å². The molecule has 0 radical (unpaired) electrons. The molecule has 0 spiro atoms. The van der Waals surface area contributed by atoms with E-state index in [0.717, 1.165) is 5.69 Å². The van der Waals surface area contributed by atoms with Crippen molar-refractivity contribution in [3.8, 4) is 44.8 Å². The first-order chi connectivity index (χ1) is 25.3. The first-order valence-electron chi connectivity index (χ1n) is 17.4. The van der Waals surface area contributed by atoms with Crippen LogP contribution in [0.3, 0.4) is 0 Å². The number of nitrogens with zero attached hydrogens (tertiary/aromatic N) is 2. The summed E-state index contributed by atoms with van der Waals surface area (Å²) in [5.74, 6) is 0. The van der Waals surface area contributed by atoms with Gasteiger partial charge in [-0.2, -0.15) is 0 Å². The summed E-state index contributed by atoms with van der Waals surface area (Å²) in [7, 11) is 0. The molecule has 0 aliphatic carbocycles. The van der Waals surface area contributed by atoms with Gasteiger partial charge in [-0.25, -0.2) is 0 Å². The van der Waals surface area contributed by atoms with Crippen molar-refractivity contribution in [2.75, 3.05) is 0 Å². The highest BCUT2D eigenvalue weighted by Gasteiger charge is 2.25. The Bertz CT molecular complexity index is 2870. The molecule has 0 saturated heterocycles. The van der Waals surface area contributed by atoms with Gasteiger partial charge in [0.1, 0.15) is 0 Å². The van der Waals surface area contributed by atoms with Crippen LogP contribution in [0.5, 0.6) is 0 Å². The molecule has 2 nitrogen and oxygen atoms in total. The lowest BCUT2D eigenvalue weighted by Crippen LogP contribution is -2.01. The van der Waals surface area contributed by atoms with Crippen molar-refractivity contribution in [1.82, 2.24) is 9.13 Å². The van der Waals surface area contributed by atoms with Gasteiger partial charge < -0.3 is 9.13 Å². The van der Waals surface area contributed by atoms with Gasteiger partial charge in [0.25, 0.3) is 0 Å². The van der Waals surface area contributed by atoms with E-state index in [-0.39, 0.29) is 0 Å². The van der Waals surface area contributed by atoms with Crippen molar-refractivity contribution in [3.63, 3.8) is 0 Å². The summed E-state index contributed by atoms with van der Waals surface area (Å²) in [5, 5.41) is 5.12. The van der Waals surface area contributed by atoms with E-state index in [1.165, 1.54) is 92.5 Å². The van der Waals surface area contributed by atoms with E-state index in [1.54, 1.807) is 0 Å². The summed E-state index contributed by atoms with van der Waals surface area (Å²) in [6.07, 6.45) is 0. The number of rotatable bonds is 4. The summed E-state index contributed by atoms with van der Waals surface area (Å²) in [4.78, 5) is 2.60. The molecular weight excluding hydrogens is 637 g/mol. The zero-order valence-electron chi connectivity index (χ0n) is 27.6. The van der Waals surface area contributed by atoms with Crippen molar-refractivity contribution < 1.29 is 0 Å². The van der Waals surface area contributed by atoms with Crippen LogP contribution in [0.4, 0.5) is 0 Å². The third kappa shape index (κ3) is 4.32. The predicted octanol–water partition coefficient (Wildman–Crippen LogP) is 13.3. The molecule has 0 fully saturated rings. The normalized spacial score (nSPS) is 12.2. The molecule has 0 saturated carbocycles. The van der Waals surface area contributed by atoms with E-state index in [9.17, 15) is 0 Å². The largest absolute Gasteiger partial charge is 0.309 e. The van der Waals surface area contributed by atoms with E-state index in [0.29, 0.717) is 0 Å². The van der Waals surface area contributed by atoms with Crippen molar-refractivity contribution in [2.45, 2.75) is 9.79 Å². The third-order valence-electron chi connectivity index (χ3n) is 10.5. The fourth-order valence-electron chi connectivity index (χ4n) is 8.20. The van der Waals surface area contributed by atoms with E-state index >= 15 is 0 Å². The lowest BCUT2D eigenvalue weighted by Gasteiger charge is -2.20. The van der Waals surface area contributed by atoms with Crippen LogP contribution >= 0.6 is 11.8 Å². The maximum absolute atomic E-state index is 2.47. The molecule has 0 bridgehead atoms. The van der Waals surface area contributed by atoms with E-state index in [4.69, 9.17) is 0 Å². The highest BCUT2D eigenvalue weighted by Crippen LogP contribution is 2.49. The molecule has 0 atom stereocenters. The fourth-order valence-corrected chi connectivity index (χ4v) is 9.27. The minimum atomic E-state index is 1.15. The van der Waals surface area contributed by atoms with Crippen molar-refractivity contribution in [2.24, 2.45) is 0 Å². The molecule has 3 heteroatoms. The first kappa shape index (κ1) is 28.5. The topological polar surface area (TPSA) is 9.86 Å². The smallest absolute Gasteiger partial charge is 0.0687 e. The fraction of sp³-hybridized carbons (Fsp3) is 0. The zero-order valence-corrected chi connectivity index (χ0v) is 28.4. The standard InChI is InChI=1S/C48H30N2S/c1-3-11-31(12-4-1)34-21-26-42-39(29-34)40-30-35(32-13-5-2-6-14-32)22-27-43(40)49(42)36-23-19-33(20-24-36)37-25-28-46-48-47(37)38-15-7-8-16-41(38)50(48)44-17-9-10-18-45(44)51-46/h1-30H. The van der Waals surface area contributed by atoms with Gasteiger partial charge in [-0.05, 0) is 94.0 Å². The molecule has 238 valence electrons. The second kappa shape index (κ2) is 11.1. The molecule has 11 rings (SSSR count). The quantitative estimate of drug-likeness (QED) is 0.182. The molecule has 0 N–H and O–H groups in total. The lowest BCUT2D eigenvalue weighted by atomic mass is 9.99. The van der Waals surface area contributed by atoms with Crippen LogP contribution in [0.1, 0.15) is 0 Å². The summed E-state index contributed by atoms with van der Waals surface area (Å²) in [6, 6.07) is 66.6. The minimum absolute atomic E-state index is 1.15. The Morgan fingerprint density at radius 2 is 0.922 bits per heavy atom. The highest BCUT2D eigenvalue weighted by atomic mass is 32.2. The van der Waals surface area contributed by atoms with Crippen LogP contribution < -0.4 is 0 Å². The zero-order chi connectivity index (χ0) is 33.5. The van der Waals surface area contributed by atoms with E-state index in [1.807, 2.05) is 11.8 Å². The van der Waals surface area contributed by atoms with Crippen LogP contribution in [-0.4, -0.2) is 9.13 Å². The van der Waals surface area contributed by atoms with Crippen molar-refractivity contribution in [3.05, 3.63) is 182 Å². The Kier molecular flexibility index (Phi) is 6.22. The van der Waals surface area contributed by atoms with Gasteiger partial charge >= 0.3 is 0 Å². The summed E-state index contributed by atoms with van der Waals surface area (Å²) >= 11 is 1.87. The van der Waals surface area contributed by atoms with Crippen LogP contribution in [0, 0.1) is 0 Å². The van der Waals surface area contributed by atoms with Gasteiger partial charge in [0, 0.05) is 37.0 Å². The molecule has 8 aromatic carbocycles. The maximum atomic E-state index is 2.47. The molecule has 3 heterocycles. The summed E-state index contributed by atoms with van der Waals surface area (Å²) in [5.41, 5.74) is 14.7. The molecule has 0 unspecified atom stereocenters. The Labute approximate surface area is 299 Å². The molecule has 2 aromatic heterocycles. The van der Waals surface area contributed by atoms with Gasteiger partial charge in [-0.1, -0.05) is 133 Å². The van der Waals surface area contributed by atoms with Crippen LogP contribution in [0.25, 0.3) is 88.4 Å². The van der Waals surface area contributed by atoms with E-state index < -0.39 is 0 Å². The third-order valence-corrected chi connectivity index (χ3v) is 11.6. The number of fused-ring (bicyclic) bond motifs is 8. The van der Waals surface area contributed by atoms with Gasteiger partial charge in [0.05, 0.1) is 27.8 Å². The number of aromatic nitrogens is 2. The average Bonchev–Trinajstić information content (AvgIpc) is 3.73. The minimum Gasteiger partial charge on any atom is -0.309 e. The molecule has 1 aliphatic rings. The monoisotopic (exact) mass is 666 g/mol. The molecule has 10 aromatic rings. The number of hydrogen-bond donors (Lipinski definition) is 0. The SMILES string of the molecule is c1ccc(-c2ccc3c(c2)c2cc(-c4ccccc4)ccc2n3-c2ccc(-c3ccc4c5c3c3ccccc3n5-c3ccccc3S4)cc2)cc1. The highest BCUT2D eigenvalue weighted by molar-refractivity contribution is 7.99. The van der Waals surface area contributed by atoms with Crippen LogP contribution in [0.15, 0.2) is 192 Å². The number of hydrogen-bond acceptors (Lipinski definition) is 1. The van der Waals surface area contributed by atoms with Crippen molar-refractivity contribution >= 4 is 55.4 Å².